The Kier molecular flexibility index (Phi) is 5.36. The second-order valence-corrected chi connectivity index (χ2v) is 9.20. The van der Waals surface area contributed by atoms with Crippen molar-refractivity contribution in [3.05, 3.63) is 56.6 Å². The van der Waals surface area contributed by atoms with E-state index in [9.17, 15) is 4.79 Å². The second kappa shape index (κ2) is 7.61. The number of piperidine rings is 1. The number of likely N-dealkylation sites (tertiary alicyclic amines) is 1. The van der Waals surface area contributed by atoms with Crippen LogP contribution in [0.25, 0.3) is 0 Å². The second-order valence-electron chi connectivity index (χ2n) is 7.47. The summed E-state index contributed by atoms with van der Waals surface area (Å²) in [7, 11) is 0. The highest BCUT2D eigenvalue weighted by atomic mass is 79.9. The maximum atomic E-state index is 13.2. The first-order chi connectivity index (χ1) is 13.0. The van der Waals surface area contributed by atoms with Crippen LogP contribution < -0.4 is 5.32 Å². The molecule has 1 aliphatic carbocycles. The average Bonchev–Trinajstić information content (AvgIpc) is 3.41. The van der Waals surface area contributed by atoms with Crippen LogP contribution in [0.3, 0.4) is 0 Å². The van der Waals surface area contributed by atoms with E-state index in [4.69, 9.17) is 23.2 Å². The monoisotopic (exact) mass is 467 g/mol. The van der Waals surface area contributed by atoms with Gasteiger partial charge in [0.15, 0.2) is 0 Å². The van der Waals surface area contributed by atoms with E-state index in [0.717, 1.165) is 29.7 Å². The minimum atomic E-state index is 0.0238. The quantitative estimate of drug-likeness (QED) is 0.630. The van der Waals surface area contributed by atoms with Crippen molar-refractivity contribution in [2.45, 2.75) is 31.7 Å². The molecule has 1 aliphatic heterocycles. The van der Waals surface area contributed by atoms with E-state index >= 15 is 0 Å². The molecule has 0 radical (unpaired) electrons. The number of benzene rings is 1. The van der Waals surface area contributed by atoms with Gasteiger partial charge in [0.1, 0.15) is 5.82 Å². The van der Waals surface area contributed by atoms with Crippen LogP contribution in [0.15, 0.2) is 41.0 Å². The Balaban J connectivity index is 1.53. The molecular weight excluding hydrogens is 449 g/mol. The van der Waals surface area contributed by atoms with Gasteiger partial charge in [-0.1, -0.05) is 23.2 Å². The summed E-state index contributed by atoms with van der Waals surface area (Å²) in [4.78, 5) is 19.5. The van der Waals surface area contributed by atoms with E-state index in [-0.39, 0.29) is 11.9 Å². The number of aromatic nitrogens is 1. The maximum absolute atomic E-state index is 13.2. The Bertz CT molecular complexity index is 855. The molecule has 1 aromatic heterocycles. The number of carbonyl (C=O) groups is 1. The molecule has 0 bridgehead atoms. The van der Waals surface area contributed by atoms with Crippen molar-refractivity contribution >= 4 is 50.9 Å². The average molecular weight is 469 g/mol. The molecule has 4 nitrogen and oxygen atoms in total. The zero-order valence-electron chi connectivity index (χ0n) is 14.7. The van der Waals surface area contributed by atoms with Gasteiger partial charge < -0.3 is 10.2 Å². The molecule has 2 heterocycles. The van der Waals surface area contributed by atoms with Crippen LogP contribution in [-0.2, 0) is 0 Å². The Hall–Kier alpha value is -1.30. The molecular formula is C20H20BrCl2N3O. The summed E-state index contributed by atoms with van der Waals surface area (Å²) in [5.74, 6) is 0.793. The number of anilines is 1. The van der Waals surface area contributed by atoms with Crippen molar-refractivity contribution < 1.29 is 4.79 Å². The summed E-state index contributed by atoms with van der Waals surface area (Å²) >= 11 is 15.5. The molecule has 2 aromatic rings. The Morgan fingerprint density at radius 2 is 2.00 bits per heavy atom. The fraction of sp³-hybridized carbons (Fsp3) is 0.400. The number of carbonyl (C=O) groups excluding carboxylic acids is 1. The highest BCUT2D eigenvalue weighted by Gasteiger charge is 2.49. The van der Waals surface area contributed by atoms with Gasteiger partial charge in [0.25, 0.3) is 5.91 Å². The molecule has 1 amide bonds. The van der Waals surface area contributed by atoms with E-state index in [1.54, 1.807) is 18.3 Å². The van der Waals surface area contributed by atoms with E-state index < -0.39 is 0 Å². The number of hydrogen-bond acceptors (Lipinski definition) is 3. The summed E-state index contributed by atoms with van der Waals surface area (Å²) in [6.07, 6.45) is 6.26. The SMILES string of the molecule is O=C(c1cc(Cl)ccc1Br)N1CCC2(CC2)C[C@H]1CNc1ccc(Cl)cn1. The fourth-order valence-corrected chi connectivity index (χ4v) is 4.55. The van der Waals surface area contributed by atoms with Crippen molar-refractivity contribution in [3.8, 4) is 0 Å². The largest absolute Gasteiger partial charge is 0.368 e. The van der Waals surface area contributed by atoms with Gasteiger partial charge in [-0.2, -0.15) is 0 Å². The van der Waals surface area contributed by atoms with Crippen molar-refractivity contribution in [1.82, 2.24) is 9.88 Å². The number of nitrogens with zero attached hydrogens (tertiary/aromatic N) is 2. The van der Waals surface area contributed by atoms with Crippen molar-refractivity contribution in [1.29, 1.82) is 0 Å². The third kappa shape index (κ3) is 4.25. The number of halogens is 3. The molecule has 0 unspecified atom stereocenters. The molecule has 142 valence electrons. The molecule has 4 rings (SSSR count). The van der Waals surface area contributed by atoms with Gasteiger partial charge in [-0.15, -0.1) is 0 Å². The van der Waals surface area contributed by atoms with Crippen LogP contribution in [0.2, 0.25) is 10.0 Å². The lowest BCUT2D eigenvalue weighted by Gasteiger charge is -2.40. The minimum Gasteiger partial charge on any atom is -0.368 e. The van der Waals surface area contributed by atoms with Crippen molar-refractivity contribution in [3.63, 3.8) is 0 Å². The van der Waals surface area contributed by atoms with Crippen molar-refractivity contribution in [2.75, 3.05) is 18.4 Å². The van der Waals surface area contributed by atoms with E-state index in [0.29, 0.717) is 27.6 Å². The Morgan fingerprint density at radius 3 is 2.70 bits per heavy atom. The molecule has 27 heavy (non-hydrogen) atoms. The summed E-state index contributed by atoms with van der Waals surface area (Å²) in [5.41, 5.74) is 1.05. The number of nitrogens with one attached hydrogen (secondary N) is 1. The number of pyridine rings is 1. The van der Waals surface area contributed by atoms with Gasteiger partial charge in [0.2, 0.25) is 0 Å². The van der Waals surface area contributed by atoms with Crippen LogP contribution in [-0.4, -0.2) is 34.9 Å². The third-order valence-electron chi connectivity index (χ3n) is 5.62. The summed E-state index contributed by atoms with van der Waals surface area (Å²) < 4.78 is 0.773. The van der Waals surface area contributed by atoms with Gasteiger partial charge in [-0.3, -0.25) is 4.79 Å². The normalized spacial score (nSPS) is 20.6. The zero-order chi connectivity index (χ0) is 19.0. The zero-order valence-corrected chi connectivity index (χ0v) is 17.8. The maximum Gasteiger partial charge on any atom is 0.255 e. The van der Waals surface area contributed by atoms with Gasteiger partial charge in [-0.05, 0) is 77.4 Å². The molecule has 1 aromatic carbocycles. The van der Waals surface area contributed by atoms with Crippen LogP contribution in [0, 0.1) is 5.41 Å². The smallest absolute Gasteiger partial charge is 0.255 e. The van der Waals surface area contributed by atoms with Gasteiger partial charge in [-0.25, -0.2) is 4.98 Å². The summed E-state index contributed by atoms with van der Waals surface area (Å²) in [5, 5.41) is 4.54. The van der Waals surface area contributed by atoms with E-state index in [1.807, 2.05) is 23.1 Å². The highest BCUT2D eigenvalue weighted by Crippen LogP contribution is 2.55. The lowest BCUT2D eigenvalue weighted by molar-refractivity contribution is 0.0545. The van der Waals surface area contributed by atoms with E-state index in [2.05, 4.69) is 26.2 Å². The molecule has 1 saturated carbocycles. The topological polar surface area (TPSA) is 45.2 Å². The molecule has 1 N–H and O–H groups in total. The molecule has 2 fully saturated rings. The van der Waals surface area contributed by atoms with E-state index in [1.165, 1.54) is 12.8 Å². The summed E-state index contributed by atoms with van der Waals surface area (Å²) in [6.45, 7) is 1.44. The fourth-order valence-electron chi connectivity index (χ4n) is 3.85. The van der Waals surface area contributed by atoms with Crippen LogP contribution in [0.1, 0.15) is 36.0 Å². The highest BCUT2D eigenvalue weighted by molar-refractivity contribution is 9.10. The van der Waals surface area contributed by atoms with Gasteiger partial charge >= 0.3 is 0 Å². The van der Waals surface area contributed by atoms with Gasteiger partial charge in [0.05, 0.1) is 10.6 Å². The number of rotatable bonds is 4. The summed E-state index contributed by atoms with van der Waals surface area (Å²) in [6, 6.07) is 9.14. The first kappa shape index (κ1) is 19.0. The van der Waals surface area contributed by atoms with Gasteiger partial charge in [0, 0.05) is 34.8 Å². The lowest BCUT2D eigenvalue weighted by atomic mass is 9.87. The van der Waals surface area contributed by atoms with Crippen LogP contribution >= 0.6 is 39.1 Å². The van der Waals surface area contributed by atoms with Crippen LogP contribution in [0.5, 0.6) is 0 Å². The first-order valence-corrected chi connectivity index (χ1v) is 10.6. The van der Waals surface area contributed by atoms with Crippen molar-refractivity contribution in [2.24, 2.45) is 5.41 Å². The Labute approximate surface area is 177 Å². The number of hydrogen-bond donors (Lipinski definition) is 1. The minimum absolute atomic E-state index is 0.0238. The third-order valence-corrected chi connectivity index (χ3v) is 6.77. The molecule has 1 atom stereocenters. The molecule has 2 aliphatic rings. The van der Waals surface area contributed by atoms with Crippen LogP contribution in [0.4, 0.5) is 5.82 Å². The molecule has 7 heteroatoms. The Morgan fingerprint density at radius 1 is 1.22 bits per heavy atom. The predicted octanol–water partition coefficient (Wildman–Crippen LogP) is 5.65. The number of amides is 1. The first-order valence-electron chi connectivity index (χ1n) is 9.07. The predicted molar refractivity (Wildman–Crippen MR) is 113 cm³/mol. The lowest BCUT2D eigenvalue weighted by Crippen LogP contribution is -2.50. The standard InChI is InChI=1S/C20H20BrCl2N3O/c21-17-3-1-13(22)9-16(17)19(27)26-8-7-20(5-6-20)10-15(26)12-25-18-4-2-14(23)11-24-18/h1-4,9,11,15H,5-8,10,12H2,(H,24,25)/t15-/m0/s1. The molecule has 1 spiro atoms. The molecule has 1 saturated heterocycles.